The van der Waals surface area contributed by atoms with Crippen LogP contribution < -0.4 is 21.3 Å². The molecule has 4 N–H and O–H groups in total. The number of aryl methyl sites for hydroxylation is 3. The van der Waals surface area contributed by atoms with Gasteiger partial charge in [0.2, 0.25) is 0 Å². The maximum atomic E-state index is 14.2. The van der Waals surface area contributed by atoms with Crippen LogP contribution in [0.4, 0.5) is 65.9 Å². The molecule has 12 rings (SSSR count). The van der Waals surface area contributed by atoms with Gasteiger partial charge in [0.1, 0.15) is 69.8 Å². The number of imide groups is 4. The van der Waals surface area contributed by atoms with E-state index in [1.807, 2.05) is 61.7 Å². The molecule has 0 spiro atoms. The molecule has 0 atom stereocenters. The Hall–Kier alpha value is -16.0. The largest absolute Gasteiger partial charge is 0.416 e. The van der Waals surface area contributed by atoms with Gasteiger partial charge in [-0.1, -0.05) is 175 Å². The maximum Gasteiger partial charge on any atom is 0.416 e. The third kappa shape index (κ3) is 35.9. The fourth-order valence-corrected chi connectivity index (χ4v) is 12.8. The smallest absolute Gasteiger partial charge is 0.294 e. The third-order valence-corrected chi connectivity index (χ3v) is 21.1. The summed E-state index contributed by atoms with van der Waals surface area (Å²) < 4.78 is 201. The summed E-state index contributed by atoms with van der Waals surface area (Å²) >= 11 is 23.7. The fourth-order valence-electron chi connectivity index (χ4n) is 12.1. The molecule has 12 aromatic rings. The zero-order valence-corrected chi connectivity index (χ0v) is 81.2. The molecule has 0 aliphatic rings. The molecule has 12 aromatic carbocycles. The van der Waals surface area contributed by atoms with Crippen LogP contribution in [-0.4, -0.2) is 58.8 Å². The molecule has 0 aliphatic carbocycles. The van der Waals surface area contributed by atoms with E-state index in [4.69, 9.17) is 46.4 Å². The lowest BCUT2D eigenvalue weighted by Gasteiger charge is -2.11. The number of Topliss-reactive ketones (excluding diaryl/α,β-unsaturated/α-hetero) is 2. The number of amides is 8. The van der Waals surface area contributed by atoms with Crippen LogP contribution in [0.2, 0.25) is 20.1 Å². The van der Waals surface area contributed by atoms with Gasteiger partial charge in [-0.3, -0.25) is 69.2 Å². The van der Waals surface area contributed by atoms with Gasteiger partial charge in [-0.2, -0.15) is 13.2 Å². The molecular formula is C112H85Cl4F15N4O10. The second kappa shape index (κ2) is 53.8. The fraction of sp³-hybridized carbons (Fsp3) is 0.0893. The third-order valence-electron chi connectivity index (χ3n) is 19.8. The minimum atomic E-state index is -4.54. The summed E-state index contributed by atoms with van der Waals surface area (Å²) in [6, 6.07) is 52.6. The molecule has 0 aromatic heterocycles. The van der Waals surface area contributed by atoms with E-state index in [1.165, 1.54) is 96.2 Å². The lowest BCUT2D eigenvalue weighted by atomic mass is 9.98. The van der Waals surface area contributed by atoms with Crippen LogP contribution in [-0.2, 0) is 54.1 Å². The minimum Gasteiger partial charge on any atom is -0.294 e. The first kappa shape index (κ1) is 116. The molecule has 0 radical (unpaired) electrons. The van der Waals surface area contributed by atoms with Gasteiger partial charge in [-0.15, -0.1) is 0 Å². The van der Waals surface area contributed by atoms with Crippen LogP contribution in [0.25, 0.3) is 69.9 Å². The number of ketones is 2. The number of carbonyl (C=O) groups excluding carboxylic acids is 10. The van der Waals surface area contributed by atoms with Crippen molar-refractivity contribution >= 4 is 175 Å². The predicted octanol–water partition coefficient (Wildman–Crippen LogP) is 27.6. The zero-order valence-electron chi connectivity index (χ0n) is 78.2. The van der Waals surface area contributed by atoms with E-state index in [-0.39, 0.29) is 89.8 Å². The Kier molecular flexibility index (Phi) is 43.0. The van der Waals surface area contributed by atoms with Gasteiger partial charge in [0, 0.05) is 112 Å². The number of halogens is 19. The highest BCUT2D eigenvalue weighted by atomic mass is 35.5. The second-order valence-electron chi connectivity index (χ2n) is 31.6. The SMILES string of the molecule is C=C(C)C(=O)NC(=O)/C(=C/c1ccc(C)c(Cl)c1)c1ccc(F)cc1F.C=C(C)C(=O)NC(=O)/C(=C/c1ccc(C)cc1)c1ccc(F)cc1F.C=C(C)C(=O)NC(=O)/C(=C/c1ccc(Cl)cc1)c1c(F)cc(F)cc1F.C=C(C)C(=O)NC(=O)/C(=C\c1ccc(C(F)(F)F)cc1)c1ccc(F)cc1F.CC(=O)/C(=C/c1ccc(C)c(Cl)c1)c1ccc(F)cc1F.CC(=O)/C(=C/c1ccc(Cl)cc1)c1ccc(F)cc1. The van der Waals surface area contributed by atoms with Crippen molar-refractivity contribution < 1.29 is 114 Å². The van der Waals surface area contributed by atoms with E-state index in [2.05, 4.69) is 36.9 Å². The van der Waals surface area contributed by atoms with Crippen LogP contribution in [0, 0.1) is 90.6 Å². The van der Waals surface area contributed by atoms with Gasteiger partial charge in [-0.05, 0) is 258 Å². The maximum absolute atomic E-state index is 14.2. The van der Waals surface area contributed by atoms with Crippen molar-refractivity contribution in [3.05, 3.63) is 470 Å². The Morgan fingerprint density at radius 2 is 0.510 bits per heavy atom. The van der Waals surface area contributed by atoms with Gasteiger partial charge in [0.25, 0.3) is 47.3 Å². The first-order valence-electron chi connectivity index (χ1n) is 42.4. The molecule has 0 unspecified atom stereocenters. The van der Waals surface area contributed by atoms with E-state index in [1.54, 1.807) is 78.9 Å². The molecule has 0 aliphatic heterocycles. The Morgan fingerprint density at radius 3 is 0.800 bits per heavy atom. The summed E-state index contributed by atoms with van der Waals surface area (Å²) in [5.74, 6) is -17.8. The Balaban J connectivity index is 0.000000237. The normalized spacial score (nSPS) is 11.4. The van der Waals surface area contributed by atoms with E-state index >= 15 is 0 Å². The number of alkyl halides is 3. The molecule has 8 amide bonds. The summed E-state index contributed by atoms with van der Waals surface area (Å²) in [7, 11) is 0. The van der Waals surface area contributed by atoms with Crippen molar-refractivity contribution in [3.8, 4) is 0 Å². The highest BCUT2D eigenvalue weighted by molar-refractivity contribution is 6.35. The van der Waals surface area contributed by atoms with Gasteiger partial charge in [-0.25, -0.2) is 52.7 Å². The molecule has 145 heavy (non-hydrogen) atoms. The number of nitrogens with one attached hydrogen (secondary N) is 4. The van der Waals surface area contributed by atoms with Gasteiger partial charge < -0.3 is 0 Å². The molecule has 33 heteroatoms. The summed E-state index contributed by atoms with van der Waals surface area (Å²) in [4.78, 5) is 120. The second-order valence-corrected chi connectivity index (χ2v) is 33.3. The van der Waals surface area contributed by atoms with Gasteiger partial charge in [0.05, 0.1) is 33.4 Å². The Bertz CT molecular complexity index is 7210. The minimum absolute atomic E-state index is 0.0156. The van der Waals surface area contributed by atoms with Crippen molar-refractivity contribution in [2.45, 2.75) is 68.5 Å². The highest BCUT2D eigenvalue weighted by Crippen LogP contribution is 2.35. The molecule has 0 saturated carbocycles. The number of allylic oxidation sites excluding steroid dienone is 2. The standard InChI is InChI=1S/C20H16ClF2NO2.C20H14F5NO2.C20H17F2NO2.C19H13ClF3NO2.C17H13ClF2O.C16H12ClFO/c1-11(2)19(25)24-20(26)16(15-7-6-14(22)10-18(15)23)8-13-5-4-12(3)17(21)9-13;1-11(2)18(27)26-19(28)16(15-8-7-14(21)10-17(15)22)9-12-3-5-13(6-4-12)20(23,24)25;1-12(2)19(24)23-20(25)17(10-14-6-4-13(3)5-7-14)16-9-8-15(21)11-18(16)22;1-10(2)18(25)24-19(26)14(7-11-3-5-12(20)6-4-11)17-15(22)8-13(21)9-16(17)23;1-10-3-4-12(8-16(10)18)7-15(11(2)21)14-6-5-13(19)9-17(14)20;1-11(19)16(13-4-8-15(18)9-5-13)10-12-2-6-14(17)7-3-12/h4-10H,1H2,2-3H3,(H,24,25,26);3-10H,1H2,2H3,(H,26,27,28);4-11H,1H2,2-3H3,(H,23,24,25);3-9H,1H2,2H3,(H,24,25,26);3-9H,1-2H3;2-10H,1H3/b16-8+;16-9-;17-10+;14-7+;15-7-;16-10-. The van der Waals surface area contributed by atoms with Gasteiger partial charge >= 0.3 is 6.18 Å². The van der Waals surface area contributed by atoms with Crippen molar-refractivity contribution in [2.75, 3.05) is 0 Å². The summed E-state index contributed by atoms with van der Waals surface area (Å²) in [6.07, 6.45) is 3.85. The first-order chi connectivity index (χ1) is 68.1. The number of hydrogen-bond donors (Lipinski definition) is 4. The van der Waals surface area contributed by atoms with Gasteiger partial charge in [0.15, 0.2) is 11.6 Å². The van der Waals surface area contributed by atoms with Crippen LogP contribution in [0.3, 0.4) is 0 Å². The number of carbonyl (C=O) groups is 10. The number of rotatable bonds is 22. The van der Waals surface area contributed by atoms with Crippen molar-refractivity contribution in [1.82, 2.24) is 21.3 Å². The monoisotopic (exact) mass is 2070 g/mol. The van der Waals surface area contributed by atoms with Crippen molar-refractivity contribution in [3.63, 3.8) is 0 Å². The molecule has 0 fully saturated rings. The van der Waals surface area contributed by atoms with Crippen LogP contribution in [0.15, 0.2) is 291 Å². The number of benzene rings is 12. The van der Waals surface area contributed by atoms with E-state index < -0.39 is 134 Å². The summed E-state index contributed by atoms with van der Waals surface area (Å²) in [5, 5.41) is 10.3. The molecule has 0 saturated heterocycles. The topological polar surface area (TPSA) is 219 Å². The summed E-state index contributed by atoms with van der Waals surface area (Å²) in [5.41, 5.74) is 4.50. The van der Waals surface area contributed by atoms with Crippen molar-refractivity contribution in [2.24, 2.45) is 0 Å². The Morgan fingerprint density at radius 1 is 0.262 bits per heavy atom. The van der Waals surface area contributed by atoms with E-state index in [0.29, 0.717) is 83.8 Å². The highest BCUT2D eigenvalue weighted by Gasteiger charge is 2.31. The lowest BCUT2D eigenvalue weighted by Crippen LogP contribution is -2.31. The number of hydrogen-bond acceptors (Lipinski definition) is 10. The first-order valence-corrected chi connectivity index (χ1v) is 44.0. The van der Waals surface area contributed by atoms with E-state index in [9.17, 15) is 114 Å². The molecule has 0 heterocycles. The average molecular weight is 2070 g/mol. The molecule has 14 nitrogen and oxygen atoms in total. The zero-order chi connectivity index (χ0) is 108. The van der Waals surface area contributed by atoms with Crippen LogP contribution in [0.1, 0.15) is 131 Å². The molecule has 0 bridgehead atoms. The van der Waals surface area contributed by atoms with Crippen LogP contribution >= 0.6 is 46.4 Å². The van der Waals surface area contributed by atoms with Crippen LogP contribution in [0.5, 0.6) is 0 Å². The molecule has 746 valence electrons. The summed E-state index contributed by atoms with van der Waals surface area (Å²) in [6.45, 7) is 27.7. The lowest BCUT2D eigenvalue weighted by molar-refractivity contribution is -0.137. The van der Waals surface area contributed by atoms with Crippen molar-refractivity contribution in [1.29, 1.82) is 0 Å². The predicted molar refractivity (Wildman–Crippen MR) is 536 cm³/mol. The average Bonchev–Trinajstić information content (AvgIpc) is 0.827. The quantitative estimate of drug-likeness (QED) is 0.0286. The Labute approximate surface area is 843 Å². The van der Waals surface area contributed by atoms with E-state index in [0.717, 1.165) is 107 Å². The molecular weight excluding hydrogens is 1990 g/mol.